The molecule has 0 aliphatic carbocycles. The molecule has 0 radical (unpaired) electrons. The standard InChI is InChI=1S/C8H13F2N5/c1-4-3-5(6(9)10)15-8(12-4)13-7(11-2)14-15/h4-6H,3H2,1-2H3,(H2,11,12,13,14). The van der Waals surface area contributed by atoms with Crippen molar-refractivity contribution in [3.63, 3.8) is 0 Å². The molecule has 0 aromatic carbocycles. The Hall–Kier alpha value is -1.40. The van der Waals surface area contributed by atoms with E-state index in [9.17, 15) is 8.78 Å². The van der Waals surface area contributed by atoms with Gasteiger partial charge in [0.25, 0.3) is 6.43 Å². The molecule has 0 spiro atoms. The molecule has 2 atom stereocenters. The van der Waals surface area contributed by atoms with Crippen LogP contribution in [0.2, 0.25) is 0 Å². The van der Waals surface area contributed by atoms with Crippen LogP contribution in [0.25, 0.3) is 0 Å². The fraction of sp³-hybridized carbons (Fsp3) is 0.750. The highest BCUT2D eigenvalue weighted by Crippen LogP contribution is 2.30. The Morgan fingerprint density at radius 2 is 2.33 bits per heavy atom. The van der Waals surface area contributed by atoms with Crippen LogP contribution in [0.5, 0.6) is 0 Å². The van der Waals surface area contributed by atoms with Gasteiger partial charge in [-0.3, -0.25) is 0 Å². The molecule has 1 aliphatic rings. The van der Waals surface area contributed by atoms with E-state index >= 15 is 0 Å². The first-order chi connectivity index (χ1) is 7.11. The first-order valence-electron chi connectivity index (χ1n) is 4.80. The van der Waals surface area contributed by atoms with Crippen LogP contribution in [0.1, 0.15) is 19.4 Å². The molecule has 1 aromatic rings. The zero-order valence-corrected chi connectivity index (χ0v) is 8.54. The van der Waals surface area contributed by atoms with E-state index in [4.69, 9.17) is 0 Å². The van der Waals surface area contributed by atoms with Crippen molar-refractivity contribution < 1.29 is 8.78 Å². The van der Waals surface area contributed by atoms with Crippen LogP contribution in [0.3, 0.4) is 0 Å². The van der Waals surface area contributed by atoms with Gasteiger partial charge >= 0.3 is 0 Å². The molecular formula is C8H13F2N5. The molecule has 1 aliphatic heterocycles. The maximum atomic E-state index is 12.7. The van der Waals surface area contributed by atoms with Gasteiger partial charge in [-0.05, 0) is 13.3 Å². The normalized spacial score (nSPS) is 24.9. The van der Waals surface area contributed by atoms with Gasteiger partial charge in [-0.1, -0.05) is 0 Å². The van der Waals surface area contributed by atoms with Crippen LogP contribution >= 0.6 is 0 Å². The van der Waals surface area contributed by atoms with Crippen molar-refractivity contribution in [1.29, 1.82) is 0 Å². The largest absolute Gasteiger partial charge is 0.356 e. The Labute approximate surface area is 85.9 Å². The van der Waals surface area contributed by atoms with Crippen LogP contribution in [-0.2, 0) is 0 Å². The second kappa shape index (κ2) is 3.63. The summed E-state index contributed by atoms with van der Waals surface area (Å²) in [4.78, 5) is 4.05. The molecule has 0 saturated carbocycles. The number of rotatable bonds is 2. The molecule has 2 rings (SSSR count). The fourth-order valence-electron chi connectivity index (χ4n) is 1.71. The second-order valence-corrected chi connectivity index (χ2v) is 3.64. The summed E-state index contributed by atoms with van der Waals surface area (Å²) in [5.74, 6) is 0.764. The van der Waals surface area contributed by atoms with Crippen molar-refractivity contribution in [3.05, 3.63) is 0 Å². The minimum absolute atomic E-state index is 0.00888. The first kappa shape index (κ1) is 10.1. The summed E-state index contributed by atoms with van der Waals surface area (Å²) in [6.45, 7) is 1.85. The van der Waals surface area contributed by atoms with E-state index in [1.165, 1.54) is 4.68 Å². The Bertz CT molecular complexity index is 351. The van der Waals surface area contributed by atoms with Gasteiger partial charge in [0.15, 0.2) is 0 Å². The SMILES string of the molecule is CNc1nc2n(n1)C(C(F)F)CC(C)N2. The summed E-state index contributed by atoms with van der Waals surface area (Å²) in [5, 5.41) is 9.70. The van der Waals surface area contributed by atoms with Crippen LogP contribution in [0.4, 0.5) is 20.7 Å². The summed E-state index contributed by atoms with van der Waals surface area (Å²) in [6, 6.07) is -0.892. The van der Waals surface area contributed by atoms with Crippen molar-refractivity contribution in [3.8, 4) is 0 Å². The fourth-order valence-corrected chi connectivity index (χ4v) is 1.71. The molecule has 7 heteroatoms. The molecule has 0 amide bonds. The Kier molecular flexibility index (Phi) is 2.45. The Morgan fingerprint density at radius 1 is 1.60 bits per heavy atom. The predicted octanol–water partition coefficient (Wildman–Crippen LogP) is 1.33. The molecule has 84 valence electrons. The van der Waals surface area contributed by atoms with Crippen LogP contribution < -0.4 is 10.6 Å². The summed E-state index contributed by atoms with van der Waals surface area (Å²) >= 11 is 0. The minimum atomic E-state index is -2.42. The third-order valence-corrected chi connectivity index (χ3v) is 2.43. The molecule has 1 aromatic heterocycles. The summed E-state index contributed by atoms with van der Waals surface area (Å²) < 4.78 is 26.8. The van der Waals surface area contributed by atoms with Gasteiger partial charge in [0.1, 0.15) is 6.04 Å². The van der Waals surface area contributed by atoms with Crippen LogP contribution in [-0.4, -0.2) is 34.3 Å². The number of fused-ring (bicyclic) bond motifs is 1. The number of hydrogen-bond acceptors (Lipinski definition) is 4. The Morgan fingerprint density at radius 3 is 2.93 bits per heavy atom. The van der Waals surface area contributed by atoms with Crippen molar-refractivity contribution in [1.82, 2.24) is 14.8 Å². The molecular weight excluding hydrogens is 204 g/mol. The maximum absolute atomic E-state index is 12.7. The lowest BCUT2D eigenvalue weighted by Gasteiger charge is -2.28. The number of halogens is 2. The van der Waals surface area contributed by atoms with Gasteiger partial charge in [0, 0.05) is 13.1 Å². The van der Waals surface area contributed by atoms with Crippen LogP contribution in [0, 0.1) is 0 Å². The predicted molar refractivity (Wildman–Crippen MR) is 52.3 cm³/mol. The second-order valence-electron chi connectivity index (χ2n) is 3.64. The van der Waals surface area contributed by atoms with E-state index in [0.717, 1.165) is 0 Å². The highest BCUT2D eigenvalue weighted by atomic mass is 19.3. The van der Waals surface area contributed by atoms with E-state index in [1.807, 2.05) is 6.92 Å². The maximum Gasteiger partial charge on any atom is 0.260 e. The van der Waals surface area contributed by atoms with Crippen molar-refractivity contribution in [2.45, 2.75) is 31.9 Å². The average molecular weight is 217 g/mol. The lowest BCUT2D eigenvalue weighted by atomic mass is 10.1. The third-order valence-electron chi connectivity index (χ3n) is 2.43. The van der Waals surface area contributed by atoms with Crippen molar-refractivity contribution in [2.24, 2.45) is 0 Å². The van der Waals surface area contributed by atoms with Gasteiger partial charge in [0.2, 0.25) is 11.9 Å². The molecule has 0 bridgehead atoms. The lowest BCUT2D eigenvalue weighted by molar-refractivity contribution is 0.0667. The first-order valence-corrected chi connectivity index (χ1v) is 4.80. The summed E-state index contributed by atoms with van der Waals surface area (Å²) in [7, 11) is 1.65. The molecule has 0 saturated heterocycles. The van der Waals surface area contributed by atoms with Gasteiger partial charge in [-0.15, -0.1) is 5.10 Å². The van der Waals surface area contributed by atoms with Gasteiger partial charge in [0.05, 0.1) is 0 Å². The highest BCUT2D eigenvalue weighted by molar-refractivity contribution is 5.37. The average Bonchev–Trinajstić information content (AvgIpc) is 2.58. The van der Waals surface area contributed by atoms with Crippen molar-refractivity contribution >= 4 is 11.9 Å². The molecule has 2 heterocycles. The van der Waals surface area contributed by atoms with E-state index < -0.39 is 12.5 Å². The number of anilines is 2. The molecule has 5 nitrogen and oxygen atoms in total. The lowest BCUT2D eigenvalue weighted by Crippen LogP contribution is -2.33. The van der Waals surface area contributed by atoms with E-state index in [0.29, 0.717) is 18.3 Å². The molecule has 0 fully saturated rings. The molecule has 2 unspecified atom stereocenters. The number of nitrogens with zero attached hydrogens (tertiary/aromatic N) is 3. The van der Waals surface area contributed by atoms with Crippen molar-refractivity contribution in [2.75, 3.05) is 17.7 Å². The third kappa shape index (κ3) is 1.73. The van der Waals surface area contributed by atoms with E-state index in [2.05, 4.69) is 20.7 Å². The number of hydrogen-bond donors (Lipinski definition) is 2. The summed E-state index contributed by atoms with van der Waals surface area (Å²) in [5.41, 5.74) is 0. The zero-order valence-electron chi connectivity index (χ0n) is 8.54. The number of alkyl halides is 2. The monoisotopic (exact) mass is 217 g/mol. The van der Waals surface area contributed by atoms with Gasteiger partial charge < -0.3 is 10.6 Å². The summed E-state index contributed by atoms with van der Waals surface area (Å²) in [6.07, 6.45) is -2.06. The number of nitrogens with one attached hydrogen (secondary N) is 2. The van der Waals surface area contributed by atoms with Gasteiger partial charge in [-0.2, -0.15) is 4.98 Å². The highest BCUT2D eigenvalue weighted by Gasteiger charge is 2.32. The quantitative estimate of drug-likeness (QED) is 0.784. The zero-order chi connectivity index (χ0) is 11.0. The van der Waals surface area contributed by atoms with Gasteiger partial charge in [-0.25, -0.2) is 13.5 Å². The minimum Gasteiger partial charge on any atom is -0.356 e. The number of aromatic nitrogens is 3. The molecule has 15 heavy (non-hydrogen) atoms. The van der Waals surface area contributed by atoms with Crippen LogP contribution in [0.15, 0.2) is 0 Å². The smallest absolute Gasteiger partial charge is 0.260 e. The van der Waals surface area contributed by atoms with E-state index in [-0.39, 0.29) is 6.04 Å². The topological polar surface area (TPSA) is 54.8 Å². The molecule has 2 N–H and O–H groups in total. The van der Waals surface area contributed by atoms with E-state index in [1.54, 1.807) is 7.05 Å². The Balaban J connectivity index is 2.35.